The summed E-state index contributed by atoms with van der Waals surface area (Å²) in [4.78, 5) is 18.9. The number of likely N-dealkylation sites (tertiary alicyclic amines) is 1. The Hall–Kier alpha value is -2.38. The molecule has 0 atom stereocenters. The summed E-state index contributed by atoms with van der Waals surface area (Å²) in [5.74, 6) is 1.45. The quantitative estimate of drug-likeness (QED) is 0.817. The molecule has 0 bridgehead atoms. The Morgan fingerprint density at radius 2 is 2.07 bits per heavy atom. The maximum Gasteiger partial charge on any atom is 0.223 e. The van der Waals surface area contributed by atoms with Gasteiger partial charge in [-0.3, -0.25) is 9.69 Å². The molecule has 1 saturated heterocycles. The zero-order chi connectivity index (χ0) is 19.2. The number of rotatable bonds is 6. The number of anilines is 1. The number of hydrogen-bond donors (Lipinski definition) is 1. The minimum Gasteiger partial charge on any atom is -0.493 e. The molecule has 0 saturated carbocycles. The lowest BCUT2D eigenvalue weighted by atomic mass is 10.0. The molecule has 0 radical (unpaired) electrons. The standard InChI is InChI=1S/C20H25N3O3S/c1-14(24)22-20-21-12-17(27-20)13-23-9-7-15(8-10-23)11-16-5-4-6-18(25-2)19(16)26-3/h4-6,11-12H,7-10,13H2,1-3H3,(H,21,22,24). The fourth-order valence-corrected chi connectivity index (χ4v) is 4.10. The zero-order valence-electron chi connectivity index (χ0n) is 15.9. The van der Waals surface area contributed by atoms with Gasteiger partial charge in [0.05, 0.1) is 14.2 Å². The van der Waals surface area contributed by atoms with E-state index in [0.717, 1.165) is 49.5 Å². The molecule has 1 fully saturated rings. The number of methoxy groups -OCH3 is 2. The van der Waals surface area contributed by atoms with Crippen LogP contribution in [0.5, 0.6) is 11.5 Å². The lowest BCUT2D eigenvalue weighted by Crippen LogP contribution is -2.29. The van der Waals surface area contributed by atoms with Crippen molar-refractivity contribution in [1.82, 2.24) is 9.88 Å². The number of piperidine rings is 1. The van der Waals surface area contributed by atoms with Gasteiger partial charge in [0.1, 0.15) is 0 Å². The summed E-state index contributed by atoms with van der Waals surface area (Å²) in [5, 5.41) is 3.40. The van der Waals surface area contributed by atoms with Gasteiger partial charge in [-0.1, -0.05) is 23.8 Å². The van der Waals surface area contributed by atoms with Crippen LogP contribution in [0.25, 0.3) is 6.08 Å². The Kier molecular flexibility index (Phi) is 6.47. The number of nitrogens with zero attached hydrogens (tertiary/aromatic N) is 2. The Morgan fingerprint density at radius 1 is 1.30 bits per heavy atom. The van der Waals surface area contributed by atoms with Crippen molar-refractivity contribution in [3.63, 3.8) is 0 Å². The minimum atomic E-state index is -0.0865. The number of ether oxygens (including phenoxy) is 2. The molecule has 2 heterocycles. The van der Waals surface area contributed by atoms with Crippen LogP contribution in [0.3, 0.4) is 0 Å². The summed E-state index contributed by atoms with van der Waals surface area (Å²) < 4.78 is 10.9. The smallest absolute Gasteiger partial charge is 0.223 e. The highest BCUT2D eigenvalue weighted by molar-refractivity contribution is 7.15. The van der Waals surface area contributed by atoms with Crippen LogP contribution in [0, 0.1) is 0 Å². The van der Waals surface area contributed by atoms with Gasteiger partial charge in [-0.15, -0.1) is 11.3 Å². The van der Waals surface area contributed by atoms with Crippen molar-refractivity contribution in [2.75, 3.05) is 32.6 Å². The van der Waals surface area contributed by atoms with E-state index in [1.807, 2.05) is 18.3 Å². The molecule has 7 heteroatoms. The van der Waals surface area contributed by atoms with Gasteiger partial charge in [-0.25, -0.2) is 4.98 Å². The average Bonchev–Trinajstić information content (AvgIpc) is 3.09. The van der Waals surface area contributed by atoms with Gasteiger partial charge in [0, 0.05) is 43.2 Å². The third-order valence-electron chi connectivity index (χ3n) is 4.51. The van der Waals surface area contributed by atoms with Gasteiger partial charge in [-0.2, -0.15) is 0 Å². The van der Waals surface area contributed by atoms with Crippen molar-refractivity contribution >= 4 is 28.5 Å². The van der Waals surface area contributed by atoms with Crippen LogP contribution in [-0.4, -0.2) is 43.1 Å². The van der Waals surface area contributed by atoms with Crippen LogP contribution < -0.4 is 14.8 Å². The van der Waals surface area contributed by atoms with E-state index >= 15 is 0 Å². The van der Waals surface area contributed by atoms with Crippen molar-refractivity contribution in [2.24, 2.45) is 0 Å². The van der Waals surface area contributed by atoms with E-state index in [1.165, 1.54) is 28.7 Å². The fraction of sp³-hybridized carbons (Fsp3) is 0.400. The number of nitrogens with one attached hydrogen (secondary N) is 1. The van der Waals surface area contributed by atoms with Crippen LogP contribution >= 0.6 is 11.3 Å². The maximum absolute atomic E-state index is 11.1. The second-order valence-corrected chi connectivity index (χ2v) is 7.59. The molecule has 0 spiro atoms. The largest absolute Gasteiger partial charge is 0.493 e. The summed E-state index contributed by atoms with van der Waals surface area (Å²) in [6, 6.07) is 5.95. The second-order valence-electron chi connectivity index (χ2n) is 6.47. The Balaban J connectivity index is 1.60. The number of hydrogen-bond acceptors (Lipinski definition) is 6. The van der Waals surface area contributed by atoms with E-state index < -0.39 is 0 Å². The van der Waals surface area contributed by atoms with Crippen LogP contribution in [0.15, 0.2) is 30.0 Å². The molecule has 2 aromatic rings. The van der Waals surface area contributed by atoms with Crippen LogP contribution in [0.1, 0.15) is 30.2 Å². The molecular formula is C20H25N3O3S. The van der Waals surface area contributed by atoms with Gasteiger partial charge < -0.3 is 14.8 Å². The third kappa shape index (κ3) is 5.08. The molecule has 1 aliphatic rings. The fourth-order valence-electron chi connectivity index (χ4n) is 3.20. The minimum absolute atomic E-state index is 0.0865. The average molecular weight is 388 g/mol. The van der Waals surface area contributed by atoms with Gasteiger partial charge in [0.25, 0.3) is 0 Å². The predicted molar refractivity (Wildman–Crippen MR) is 108 cm³/mol. The summed E-state index contributed by atoms with van der Waals surface area (Å²) in [7, 11) is 3.33. The van der Waals surface area contributed by atoms with E-state index in [-0.39, 0.29) is 5.91 Å². The van der Waals surface area contributed by atoms with Gasteiger partial charge in [0.2, 0.25) is 5.91 Å². The van der Waals surface area contributed by atoms with Crippen molar-refractivity contribution < 1.29 is 14.3 Å². The molecule has 6 nitrogen and oxygen atoms in total. The lowest BCUT2D eigenvalue weighted by molar-refractivity contribution is -0.114. The van der Waals surface area contributed by atoms with Crippen LogP contribution in [-0.2, 0) is 11.3 Å². The number of carbonyl (C=O) groups is 1. The highest BCUT2D eigenvalue weighted by atomic mass is 32.1. The normalized spacial score (nSPS) is 14.7. The summed E-state index contributed by atoms with van der Waals surface area (Å²) in [6.45, 7) is 4.38. The maximum atomic E-state index is 11.1. The van der Waals surface area contributed by atoms with Gasteiger partial charge >= 0.3 is 0 Å². The van der Waals surface area contributed by atoms with Crippen molar-refractivity contribution in [3.8, 4) is 11.5 Å². The second kappa shape index (κ2) is 9.01. The zero-order valence-corrected chi connectivity index (χ0v) is 16.8. The van der Waals surface area contributed by atoms with E-state index in [9.17, 15) is 4.79 Å². The van der Waals surface area contributed by atoms with E-state index in [4.69, 9.17) is 9.47 Å². The number of carbonyl (C=O) groups excluding carboxylic acids is 1. The Labute approximate surface area is 163 Å². The van der Waals surface area contributed by atoms with Gasteiger partial charge in [-0.05, 0) is 18.9 Å². The first-order valence-electron chi connectivity index (χ1n) is 8.94. The number of amides is 1. The van der Waals surface area contributed by atoms with Crippen molar-refractivity contribution in [2.45, 2.75) is 26.3 Å². The van der Waals surface area contributed by atoms with Crippen LogP contribution in [0.4, 0.5) is 5.13 Å². The van der Waals surface area contributed by atoms with E-state index in [1.54, 1.807) is 14.2 Å². The van der Waals surface area contributed by atoms with E-state index in [0.29, 0.717) is 5.13 Å². The molecule has 1 amide bonds. The van der Waals surface area contributed by atoms with Gasteiger partial charge in [0.15, 0.2) is 16.6 Å². The first kappa shape index (κ1) is 19.4. The summed E-state index contributed by atoms with van der Waals surface area (Å²) >= 11 is 1.54. The first-order chi connectivity index (χ1) is 13.1. The predicted octanol–water partition coefficient (Wildman–Crippen LogP) is 3.80. The molecule has 0 unspecified atom stereocenters. The van der Waals surface area contributed by atoms with Crippen LogP contribution in [0.2, 0.25) is 0 Å². The topological polar surface area (TPSA) is 63.7 Å². The lowest BCUT2D eigenvalue weighted by Gasteiger charge is -2.27. The first-order valence-corrected chi connectivity index (χ1v) is 9.75. The van der Waals surface area contributed by atoms with E-state index in [2.05, 4.69) is 27.3 Å². The monoisotopic (exact) mass is 387 g/mol. The molecule has 1 aliphatic heterocycles. The summed E-state index contributed by atoms with van der Waals surface area (Å²) in [5.41, 5.74) is 2.48. The molecule has 3 rings (SSSR count). The van der Waals surface area contributed by atoms with Crippen molar-refractivity contribution in [3.05, 3.63) is 40.4 Å². The molecule has 144 valence electrons. The summed E-state index contributed by atoms with van der Waals surface area (Å²) in [6.07, 6.45) is 6.12. The Bertz CT molecular complexity index is 822. The molecule has 1 N–H and O–H groups in total. The number of benzene rings is 1. The molecule has 1 aromatic carbocycles. The number of thiazole rings is 1. The molecule has 1 aromatic heterocycles. The molecular weight excluding hydrogens is 362 g/mol. The number of aromatic nitrogens is 1. The molecule has 0 aliphatic carbocycles. The highest BCUT2D eigenvalue weighted by Gasteiger charge is 2.17. The third-order valence-corrected chi connectivity index (χ3v) is 5.40. The Morgan fingerprint density at radius 3 is 2.74 bits per heavy atom. The molecule has 27 heavy (non-hydrogen) atoms. The number of para-hydroxylation sites is 1. The SMILES string of the molecule is COc1cccc(C=C2CCN(Cc3cnc(NC(C)=O)s3)CC2)c1OC. The highest BCUT2D eigenvalue weighted by Crippen LogP contribution is 2.33. The van der Waals surface area contributed by atoms with Crippen molar-refractivity contribution in [1.29, 1.82) is 0 Å².